The number of urea groups is 1. The summed E-state index contributed by atoms with van der Waals surface area (Å²) in [5.41, 5.74) is 1.66. The highest BCUT2D eigenvalue weighted by atomic mass is 19.1. The fraction of sp³-hybridized carbons (Fsp3) is 0.400. The first-order valence-corrected chi connectivity index (χ1v) is 11.2. The molecule has 0 saturated heterocycles. The van der Waals surface area contributed by atoms with Crippen LogP contribution in [0.3, 0.4) is 0 Å². The predicted octanol–water partition coefficient (Wildman–Crippen LogP) is 3.58. The number of hydrazone groups is 1. The van der Waals surface area contributed by atoms with Crippen molar-refractivity contribution in [2.45, 2.75) is 32.4 Å². The van der Waals surface area contributed by atoms with Gasteiger partial charge in [-0.25, -0.2) is 14.2 Å². The molecular weight excluding hydrogens is 439 g/mol. The van der Waals surface area contributed by atoms with Gasteiger partial charge in [-0.1, -0.05) is 30.3 Å². The van der Waals surface area contributed by atoms with E-state index in [0.717, 1.165) is 5.56 Å². The second kappa shape index (κ2) is 11.6. The smallest absolute Gasteiger partial charge is 0.318 e. The van der Waals surface area contributed by atoms with Crippen molar-refractivity contribution in [2.24, 2.45) is 5.10 Å². The zero-order valence-corrected chi connectivity index (χ0v) is 20.0. The fourth-order valence-corrected chi connectivity index (χ4v) is 3.71. The molecule has 0 spiro atoms. The van der Waals surface area contributed by atoms with E-state index in [1.54, 1.807) is 37.4 Å². The first-order valence-electron chi connectivity index (χ1n) is 11.2. The lowest BCUT2D eigenvalue weighted by molar-refractivity contribution is -0.133. The third-order valence-corrected chi connectivity index (χ3v) is 5.44. The number of benzene rings is 2. The number of rotatable bonds is 9. The number of methoxy groups -OCH3 is 2. The molecule has 0 unspecified atom stereocenters. The Morgan fingerprint density at radius 1 is 1.18 bits per heavy atom. The second-order valence-electron chi connectivity index (χ2n) is 8.28. The number of hydrogen-bond acceptors (Lipinski definition) is 5. The van der Waals surface area contributed by atoms with Gasteiger partial charge in [-0.15, -0.1) is 0 Å². The van der Waals surface area contributed by atoms with Gasteiger partial charge in [-0.05, 0) is 37.6 Å². The maximum atomic E-state index is 14.5. The highest BCUT2D eigenvalue weighted by Gasteiger charge is 2.35. The van der Waals surface area contributed by atoms with Gasteiger partial charge in [0.1, 0.15) is 18.1 Å². The molecule has 1 aliphatic rings. The van der Waals surface area contributed by atoms with Crippen LogP contribution in [0.2, 0.25) is 0 Å². The molecule has 0 radical (unpaired) electrons. The number of ether oxygens (including phenoxy) is 2. The molecule has 34 heavy (non-hydrogen) atoms. The van der Waals surface area contributed by atoms with Crippen molar-refractivity contribution in [1.29, 1.82) is 0 Å². The normalized spacial score (nSPS) is 15.3. The molecule has 0 fully saturated rings. The molecule has 1 N–H and O–H groups in total. The number of hydrogen-bond donors (Lipinski definition) is 1. The molecule has 3 amide bonds. The van der Waals surface area contributed by atoms with Gasteiger partial charge in [0.05, 0.1) is 25.5 Å². The molecule has 182 valence electrons. The summed E-state index contributed by atoms with van der Waals surface area (Å²) in [4.78, 5) is 27.5. The quantitative estimate of drug-likeness (QED) is 0.607. The van der Waals surface area contributed by atoms with Crippen LogP contribution < -0.4 is 10.1 Å². The lowest BCUT2D eigenvalue weighted by Crippen LogP contribution is -2.48. The van der Waals surface area contributed by atoms with Gasteiger partial charge in [-0.2, -0.15) is 5.10 Å². The van der Waals surface area contributed by atoms with Crippen LogP contribution in [-0.2, 0) is 9.53 Å². The Bertz CT molecular complexity index is 1030. The van der Waals surface area contributed by atoms with Gasteiger partial charge in [0.2, 0.25) is 0 Å². The Morgan fingerprint density at radius 2 is 1.88 bits per heavy atom. The highest BCUT2D eigenvalue weighted by molar-refractivity contribution is 6.03. The Kier molecular flexibility index (Phi) is 8.59. The molecule has 0 aliphatic carbocycles. The summed E-state index contributed by atoms with van der Waals surface area (Å²) in [5.74, 6) is -0.0878. The van der Waals surface area contributed by atoms with Crippen LogP contribution in [0.25, 0.3) is 0 Å². The summed E-state index contributed by atoms with van der Waals surface area (Å²) in [6.45, 7) is 4.03. The van der Waals surface area contributed by atoms with E-state index in [2.05, 4.69) is 10.4 Å². The molecule has 2 aromatic rings. The predicted molar refractivity (Wildman–Crippen MR) is 127 cm³/mol. The minimum atomic E-state index is -0.439. The summed E-state index contributed by atoms with van der Waals surface area (Å²) in [6.07, 6.45) is 0.343. The van der Waals surface area contributed by atoms with Crippen molar-refractivity contribution in [3.63, 3.8) is 0 Å². The van der Waals surface area contributed by atoms with Crippen LogP contribution in [0, 0.1) is 5.82 Å². The number of carbonyl (C=O) groups excluding carboxylic acids is 2. The van der Waals surface area contributed by atoms with Gasteiger partial charge in [0.25, 0.3) is 5.91 Å². The summed E-state index contributed by atoms with van der Waals surface area (Å²) in [7, 11) is 3.11. The number of amides is 3. The summed E-state index contributed by atoms with van der Waals surface area (Å²) >= 11 is 0. The van der Waals surface area contributed by atoms with E-state index in [-0.39, 0.29) is 37.7 Å². The molecule has 8 nitrogen and oxygen atoms in total. The average Bonchev–Trinajstić information content (AvgIpc) is 3.27. The first-order chi connectivity index (χ1) is 16.3. The van der Waals surface area contributed by atoms with Crippen molar-refractivity contribution in [1.82, 2.24) is 15.2 Å². The van der Waals surface area contributed by atoms with Crippen molar-refractivity contribution in [3.8, 4) is 5.75 Å². The molecule has 0 bridgehead atoms. The van der Waals surface area contributed by atoms with Gasteiger partial charge in [-0.3, -0.25) is 4.79 Å². The van der Waals surface area contributed by atoms with Crippen molar-refractivity contribution < 1.29 is 23.5 Å². The lowest BCUT2D eigenvalue weighted by Gasteiger charge is -2.27. The fourth-order valence-electron chi connectivity index (χ4n) is 3.71. The Balaban J connectivity index is 1.90. The van der Waals surface area contributed by atoms with Crippen LogP contribution in [0.1, 0.15) is 37.4 Å². The zero-order valence-electron chi connectivity index (χ0n) is 20.0. The monoisotopic (exact) mass is 470 g/mol. The maximum absolute atomic E-state index is 14.5. The molecule has 1 aliphatic heterocycles. The molecule has 0 saturated carbocycles. The van der Waals surface area contributed by atoms with E-state index < -0.39 is 11.9 Å². The zero-order chi connectivity index (χ0) is 24.7. The van der Waals surface area contributed by atoms with Gasteiger partial charge >= 0.3 is 6.03 Å². The summed E-state index contributed by atoms with van der Waals surface area (Å²) in [6, 6.07) is 12.8. The molecule has 1 heterocycles. The summed E-state index contributed by atoms with van der Waals surface area (Å²) in [5, 5.41) is 8.67. The van der Waals surface area contributed by atoms with E-state index in [4.69, 9.17) is 9.47 Å². The molecule has 9 heteroatoms. The van der Waals surface area contributed by atoms with Crippen LogP contribution in [-0.4, -0.2) is 67.5 Å². The number of carbonyl (C=O) groups is 2. The van der Waals surface area contributed by atoms with Crippen LogP contribution in [0.5, 0.6) is 5.75 Å². The minimum absolute atomic E-state index is 0.0860. The molecule has 2 aromatic carbocycles. The van der Waals surface area contributed by atoms with Crippen molar-refractivity contribution in [2.75, 3.05) is 33.9 Å². The molecule has 3 rings (SSSR count). The van der Waals surface area contributed by atoms with E-state index in [1.165, 1.54) is 23.1 Å². The SMILES string of the molecule is COCCN(CC(=O)N1N=C(c2ccccc2F)C[C@H]1c1ccc(OC)cc1)C(=O)NC(C)C. The van der Waals surface area contributed by atoms with Crippen molar-refractivity contribution >= 4 is 17.6 Å². The standard InChI is InChI=1S/C25H31FN4O4/c1-17(2)27-25(32)29(13-14-33-3)16-24(31)30-23(18-9-11-19(34-4)12-10-18)15-22(28-30)20-7-5-6-8-21(20)26/h5-12,17,23H,13-16H2,1-4H3,(H,27,32)/t23-/m0/s1. The molecule has 1 atom stereocenters. The van der Waals surface area contributed by atoms with E-state index >= 15 is 0 Å². The average molecular weight is 471 g/mol. The number of nitrogens with zero attached hydrogens (tertiary/aromatic N) is 3. The topological polar surface area (TPSA) is 83.5 Å². The van der Waals surface area contributed by atoms with Crippen molar-refractivity contribution in [3.05, 3.63) is 65.5 Å². The Hall–Kier alpha value is -3.46. The van der Waals surface area contributed by atoms with Crippen LogP contribution in [0.15, 0.2) is 53.6 Å². The van der Waals surface area contributed by atoms with Gasteiger partial charge < -0.3 is 19.7 Å². The number of halogens is 1. The minimum Gasteiger partial charge on any atom is -0.497 e. The maximum Gasteiger partial charge on any atom is 0.318 e. The molecular formula is C25H31FN4O4. The van der Waals surface area contributed by atoms with E-state index in [9.17, 15) is 14.0 Å². The van der Waals surface area contributed by atoms with E-state index in [0.29, 0.717) is 23.4 Å². The Labute approximate surface area is 199 Å². The third-order valence-electron chi connectivity index (χ3n) is 5.44. The third kappa shape index (κ3) is 6.11. The lowest BCUT2D eigenvalue weighted by atomic mass is 9.98. The number of nitrogens with one attached hydrogen (secondary N) is 1. The Morgan fingerprint density at radius 3 is 2.50 bits per heavy atom. The van der Waals surface area contributed by atoms with Crippen LogP contribution >= 0.6 is 0 Å². The first kappa shape index (κ1) is 25.2. The van der Waals surface area contributed by atoms with E-state index in [1.807, 2.05) is 26.0 Å². The summed E-state index contributed by atoms with van der Waals surface area (Å²) < 4.78 is 24.8. The second-order valence-corrected chi connectivity index (χ2v) is 8.28. The molecule has 0 aromatic heterocycles. The van der Waals surface area contributed by atoms with Crippen LogP contribution in [0.4, 0.5) is 9.18 Å². The highest BCUT2D eigenvalue weighted by Crippen LogP contribution is 2.34. The van der Waals surface area contributed by atoms with Gasteiger partial charge in [0, 0.05) is 31.7 Å². The van der Waals surface area contributed by atoms with Gasteiger partial charge in [0.15, 0.2) is 0 Å². The largest absolute Gasteiger partial charge is 0.497 e.